The number of nitro benzene ring substituents is 1. The zero-order valence-corrected chi connectivity index (χ0v) is 14.4. The highest BCUT2D eigenvalue weighted by molar-refractivity contribution is 6.32. The van der Waals surface area contributed by atoms with E-state index in [2.05, 4.69) is 9.98 Å². The second-order valence-corrected chi connectivity index (χ2v) is 6.25. The van der Waals surface area contributed by atoms with Crippen LogP contribution >= 0.6 is 11.6 Å². The van der Waals surface area contributed by atoms with Crippen molar-refractivity contribution >= 4 is 35.1 Å². The number of nitro groups is 1. The molecule has 0 aliphatic carbocycles. The monoisotopic (exact) mass is 392 g/mol. The number of fused-ring (bicyclic) bond motifs is 3. The van der Waals surface area contributed by atoms with Crippen molar-refractivity contribution in [2.24, 2.45) is 9.98 Å². The molecule has 0 bridgehead atoms. The first-order valence-corrected chi connectivity index (χ1v) is 8.33. The fourth-order valence-corrected chi connectivity index (χ4v) is 3.11. The zero-order chi connectivity index (χ0) is 19.1. The van der Waals surface area contributed by atoms with Gasteiger partial charge in [-0.25, -0.2) is 9.38 Å². The molecule has 2 aliphatic heterocycles. The fraction of sp³-hybridized carbons (Fsp3) is 0.176. The number of nitrogens with zero attached hydrogens (tertiary/aromatic N) is 4. The summed E-state index contributed by atoms with van der Waals surface area (Å²) in [6, 6.07) is 5.21. The molecule has 2 aliphatic rings. The van der Waals surface area contributed by atoms with E-state index < -0.39 is 33.0 Å². The molecule has 0 saturated heterocycles. The fourth-order valence-electron chi connectivity index (χ4n) is 2.89. The summed E-state index contributed by atoms with van der Waals surface area (Å²) in [5, 5.41) is 9.96. The van der Waals surface area contributed by atoms with Gasteiger partial charge >= 0.3 is 5.69 Å². The largest absolute Gasteiger partial charge is 0.453 e. The van der Waals surface area contributed by atoms with Crippen molar-refractivity contribution in [2.45, 2.75) is 6.42 Å². The molecule has 0 atom stereocenters. The standard InChI is InChI=1S/C17H11ClF2N4O3/c18-14-15(20)13(24(25)26)7-11(19)16(14)27-9-2-3-12-10(6-9)17-21-4-1-5-23(17)8-22-12/h2-3,6-8H,1,4-5H2. The van der Waals surface area contributed by atoms with Gasteiger partial charge in [-0.15, -0.1) is 0 Å². The van der Waals surface area contributed by atoms with Gasteiger partial charge in [0.15, 0.2) is 11.6 Å². The van der Waals surface area contributed by atoms with E-state index in [4.69, 9.17) is 16.3 Å². The molecule has 2 aromatic rings. The summed E-state index contributed by atoms with van der Waals surface area (Å²) in [6.07, 6.45) is 2.60. The highest BCUT2D eigenvalue weighted by atomic mass is 35.5. The molecule has 0 radical (unpaired) electrons. The van der Waals surface area contributed by atoms with E-state index in [-0.39, 0.29) is 5.75 Å². The number of amidine groups is 1. The number of rotatable bonds is 3. The molecule has 2 aromatic carbocycles. The number of benzene rings is 2. The molecule has 0 unspecified atom stereocenters. The van der Waals surface area contributed by atoms with Gasteiger partial charge in [-0.1, -0.05) is 11.6 Å². The van der Waals surface area contributed by atoms with Crippen LogP contribution in [0.5, 0.6) is 11.5 Å². The van der Waals surface area contributed by atoms with Crippen LogP contribution in [0.15, 0.2) is 34.3 Å². The summed E-state index contributed by atoms with van der Waals surface area (Å²) < 4.78 is 33.6. The van der Waals surface area contributed by atoms with Crippen molar-refractivity contribution in [1.82, 2.24) is 4.90 Å². The Kier molecular flexibility index (Phi) is 4.23. The lowest BCUT2D eigenvalue weighted by Gasteiger charge is -2.29. The van der Waals surface area contributed by atoms with Crippen LogP contribution in [-0.4, -0.2) is 35.1 Å². The van der Waals surface area contributed by atoms with Crippen molar-refractivity contribution in [2.75, 3.05) is 13.1 Å². The molecule has 27 heavy (non-hydrogen) atoms. The summed E-state index contributed by atoms with van der Waals surface area (Å²) in [7, 11) is 0. The number of hydrogen-bond donors (Lipinski definition) is 0. The van der Waals surface area contributed by atoms with Gasteiger partial charge in [-0.2, -0.15) is 4.39 Å². The molecule has 0 saturated carbocycles. The molecule has 0 fully saturated rings. The summed E-state index contributed by atoms with van der Waals surface area (Å²) in [4.78, 5) is 20.4. The van der Waals surface area contributed by atoms with Gasteiger partial charge in [0.05, 0.1) is 23.0 Å². The van der Waals surface area contributed by atoms with Crippen LogP contribution in [0.25, 0.3) is 0 Å². The third-order valence-corrected chi connectivity index (χ3v) is 4.49. The summed E-state index contributed by atoms with van der Waals surface area (Å²) in [5.41, 5.74) is 0.297. The normalized spacial score (nSPS) is 15.1. The Morgan fingerprint density at radius 1 is 1.30 bits per heavy atom. The molecule has 2 heterocycles. The van der Waals surface area contributed by atoms with Crippen molar-refractivity contribution in [3.05, 3.63) is 56.6 Å². The third kappa shape index (κ3) is 2.99. The molecule has 4 rings (SSSR count). The molecule has 0 spiro atoms. The molecular formula is C17H11ClF2N4O3. The maximum absolute atomic E-state index is 14.2. The Balaban J connectivity index is 1.73. The smallest absolute Gasteiger partial charge is 0.309 e. The molecule has 0 amide bonds. The Labute approximate surface area is 156 Å². The summed E-state index contributed by atoms with van der Waals surface area (Å²) in [6.45, 7) is 1.46. The quantitative estimate of drug-likeness (QED) is 0.439. The topological polar surface area (TPSA) is 80.3 Å². The SMILES string of the molecule is O=[N+]([O-])c1cc(F)c(Oc2ccc3c(c2)C2=NCCCN2C=N3)c(Cl)c1F. The van der Waals surface area contributed by atoms with Gasteiger partial charge in [-0.05, 0) is 24.6 Å². The Morgan fingerprint density at radius 3 is 2.89 bits per heavy atom. The van der Waals surface area contributed by atoms with Gasteiger partial charge in [0.25, 0.3) is 0 Å². The highest BCUT2D eigenvalue weighted by Gasteiger charge is 2.27. The Hall–Kier alpha value is -3.07. The van der Waals surface area contributed by atoms with Gasteiger partial charge in [-0.3, -0.25) is 15.1 Å². The van der Waals surface area contributed by atoms with Crippen LogP contribution in [0.1, 0.15) is 12.0 Å². The minimum Gasteiger partial charge on any atom is -0.453 e. The van der Waals surface area contributed by atoms with E-state index in [1.165, 1.54) is 6.07 Å². The first-order chi connectivity index (χ1) is 13.0. The second-order valence-electron chi connectivity index (χ2n) is 5.87. The van der Waals surface area contributed by atoms with E-state index >= 15 is 0 Å². The van der Waals surface area contributed by atoms with Gasteiger partial charge in [0.2, 0.25) is 5.82 Å². The first kappa shape index (κ1) is 17.3. The Morgan fingerprint density at radius 2 is 2.11 bits per heavy atom. The molecule has 7 nitrogen and oxygen atoms in total. The summed E-state index contributed by atoms with van der Waals surface area (Å²) >= 11 is 5.75. The van der Waals surface area contributed by atoms with E-state index in [1.54, 1.807) is 18.5 Å². The van der Waals surface area contributed by atoms with Crippen LogP contribution in [0.3, 0.4) is 0 Å². The van der Waals surface area contributed by atoms with Crippen LogP contribution in [0, 0.1) is 21.7 Å². The maximum Gasteiger partial charge on any atom is 0.309 e. The lowest BCUT2D eigenvalue weighted by molar-refractivity contribution is -0.387. The average molecular weight is 393 g/mol. The van der Waals surface area contributed by atoms with Crippen molar-refractivity contribution in [1.29, 1.82) is 0 Å². The molecule has 138 valence electrons. The van der Waals surface area contributed by atoms with Crippen LogP contribution in [0.4, 0.5) is 20.2 Å². The van der Waals surface area contributed by atoms with Gasteiger partial charge in [0, 0.05) is 18.7 Å². The van der Waals surface area contributed by atoms with Crippen molar-refractivity contribution in [3.8, 4) is 11.5 Å². The minimum atomic E-state index is -1.36. The van der Waals surface area contributed by atoms with Crippen molar-refractivity contribution in [3.63, 3.8) is 0 Å². The van der Waals surface area contributed by atoms with Gasteiger partial charge < -0.3 is 9.64 Å². The summed E-state index contributed by atoms with van der Waals surface area (Å²) in [5.74, 6) is -2.23. The predicted octanol–water partition coefficient (Wildman–Crippen LogP) is 4.44. The number of ether oxygens (including phenoxy) is 1. The lowest BCUT2D eigenvalue weighted by Crippen LogP contribution is -2.36. The number of halogens is 3. The second kappa shape index (κ2) is 6.58. The molecule has 10 heteroatoms. The van der Waals surface area contributed by atoms with Crippen LogP contribution < -0.4 is 4.74 Å². The van der Waals surface area contributed by atoms with Crippen molar-refractivity contribution < 1.29 is 18.4 Å². The van der Waals surface area contributed by atoms with E-state index in [0.29, 0.717) is 23.9 Å². The lowest BCUT2D eigenvalue weighted by atomic mass is 10.1. The molecule has 0 aromatic heterocycles. The predicted molar refractivity (Wildman–Crippen MR) is 95.4 cm³/mol. The highest BCUT2D eigenvalue weighted by Crippen LogP contribution is 2.39. The number of hydrogen-bond acceptors (Lipinski definition) is 6. The van der Waals surface area contributed by atoms with E-state index in [0.717, 1.165) is 18.8 Å². The minimum absolute atomic E-state index is 0.174. The van der Waals surface area contributed by atoms with E-state index in [1.807, 2.05) is 4.90 Å². The van der Waals surface area contributed by atoms with E-state index in [9.17, 15) is 18.9 Å². The first-order valence-electron chi connectivity index (χ1n) is 7.95. The Bertz CT molecular complexity index is 1030. The zero-order valence-electron chi connectivity index (χ0n) is 13.7. The van der Waals surface area contributed by atoms with Crippen LogP contribution in [-0.2, 0) is 0 Å². The molecule has 0 N–H and O–H groups in total. The maximum atomic E-state index is 14.2. The average Bonchev–Trinajstić information content (AvgIpc) is 2.67. The third-order valence-electron chi connectivity index (χ3n) is 4.15. The van der Waals surface area contributed by atoms with Gasteiger partial charge in [0.1, 0.15) is 16.6 Å². The number of aliphatic imine (C=N–C) groups is 2. The van der Waals surface area contributed by atoms with Crippen LogP contribution in [0.2, 0.25) is 5.02 Å². The molecular weight excluding hydrogens is 382 g/mol.